The molecular weight excluding hydrogens is 304 g/mol. The summed E-state index contributed by atoms with van der Waals surface area (Å²) in [7, 11) is 0. The number of aldehydes is 1. The van der Waals surface area contributed by atoms with Gasteiger partial charge >= 0.3 is 6.09 Å². The Morgan fingerprint density at radius 1 is 1.45 bits per heavy atom. The number of ether oxygens (including phenoxy) is 1. The number of carbonyl (C=O) groups excluding carboxylic acids is 2. The average molecular weight is 327 g/mol. The van der Waals surface area contributed by atoms with Crippen LogP contribution in [0.4, 0.5) is 10.5 Å². The van der Waals surface area contributed by atoms with Crippen LogP contribution in [-0.2, 0) is 10.2 Å². The Morgan fingerprint density at radius 3 is 2.55 bits per heavy atom. The van der Waals surface area contributed by atoms with Crippen LogP contribution in [0, 0.1) is 0 Å². The van der Waals surface area contributed by atoms with Crippen molar-refractivity contribution in [1.82, 2.24) is 4.98 Å². The minimum Gasteiger partial charge on any atom is -0.443 e. The first-order chi connectivity index (χ1) is 9.55. The van der Waals surface area contributed by atoms with Gasteiger partial charge in [-0.15, -0.1) is 0 Å². The smallest absolute Gasteiger partial charge is 0.414 e. The molecule has 2 heterocycles. The SMILES string of the molecule is C.CC(C)(C)OC(=O)N1CC(C)(C)c2cc(C=O)nc(Cl)c21. The van der Waals surface area contributed by atoms with Crippen LogP contribution in [-0.4, -0.2) is 29.5 Å². The Morgan fingerprint density at radius 2 is 2.05 bits per heavy atom. The average Bonchev–Trinajstić information content (AvgIpc) is 2.60. The zero-order valence-corrected chi connectivity index (χ0v) is 13.6. The van der Waals surface area contributed by atoms with Crippen molar-refractivity contribution in [3.05, 3.63) is 22.5 Å². The molecule has 0 saturated carbocycles. The van der Waals surface area contributed by atoms with E-state index in [1.807, 2.05) is 34.6 Å². The molecule has 0 aliphatic carbocycles. The number of pyridine rings is 1. The summed E-state index contributed by atoms with van der Waals surface area (Å²) in [6.07, 6.45) is 0.190. The summed E-state index contributed by atoms with van der Waals surface area (Å²) in [5.74, 6) is 0. The largest absolute Gasteiger partial charge is 0.443 e. The Bertz CT molecular complexity index is 606. The summed E-state index contributed by atoms with van der Waals surface area (Å²) >= 11 is 6.17. The first-order valence-corrected chi connectivity index (χ1v) is 7.10. The van der Waals surface area contributed by atoms with E-state index in [0.29, 0.717) is 18.5 Å². The molecule has 122 valence electrons. The van der Waals surface area contributed by atoms with Crippen LogP contribution in [0.1, 0.15) is 58.1 Å². The molecule has 0 spiro atoms. The van der Waals surface area contributed by atoms with E-state index < -0.39 is 11.7 Å². The van der Waals surface area contributed by atoms with E-state index in [0.717, 1.165) is 5.56 Å². The van der Waals surface area contributed by atoms with Gasteiger partial charge < -0.3 is 4.74 Å². The van der Waals surface area contributed by atoms with Crippen LogP contribution >= 0.6 is 11.6 Å². The number of rotatable bonds is 1. The van der Waals surface area contributed by atoms with Crippen LogP contribution in [0.3, 0.4) is 0 Å². The third kappa shape index (κ3) is 3.40. The maximum atomic E-state index is 12.4. The van der Waals surface area contributed by atoms with Crippen LogP contribution in [0.15, 0.2) is 6.07 Å². The van der Waals surface area contributed by atoms with E-state index in [4.69, 9.17) is 16.3 Å². The number of nitrogens with zero attached hydrogens (tertiary/aromatic N) is 2. The predicted octanol–water partition coefficient (Wildman–Crippen LogP) is 4.22. The highest BCUT2D eigenvalue weighted by atomic mass is 35.5. The molecule has 6 heteroatoms. The van der Waals surface area contributed by atoms with Gasteiger partial charge in [0.2, 0.25) is 0 Å². The first-order valence-electron chi connectivity index (χ1n) is 6.72. The number of carbonyl (C=O) groups is 2. The van der Waals surface area contributed by atoms with Crippen molar-refractivity contribution in [2.24, 2.45) is 0 Å². The molecule has 0 saturated heterocycles. The molecule has 0 unspecified atom stereocenters. The molecule has 1 aromatic rings. The fraction of sp³-hybridized carbons (Fsp3) is 0.562. The number of aromatic nitrogens is 1. The topological polar surface area (TPSA) is 59.5 Å². The van der Waals surface area contributed by atoms with Gasteiger partial charge in [-0.25, -0.2) is 9.78 Å². The van der Waals surface area contributed by atoms with E-state index in [1.165, 1.54) is 4.90 Å². The molecule has 22 heavy (non-hydrogen) atoms. The summed E-state index contributed by atoms with van der Waals surface area (Å²) in [5.41, 5.74) is 0.707. The lowest BCUT2D eigenvalue weighted by molar-refractivity contribution is 0.0579. The zero-order chi connectivity index (χ0) is 16.0. The van der Waals surface area contributed by atoms with Crippen molar-refractivity contribution < 1.29 is 14.3 Å². The second-order valence-electron chi connectivity index (χ2n) is 6.80. The highest BCUT2D eigenvalue weighted by Gasteiger charge is 2.42. The van der Waals surface area contributed by atoms with E-state index in [9.17, 15) is 9.59 Å². The Labute approximate surface area is 136 Å². The lowest BCUT2D eigenvalue weighted by atomic mass is 9.87. The van der Waals surface area contributed by atoms with Gasteiger partial charge in [0.15, 0.2) is 11.4 Å². The fourth-order valence-corrected chi connectivity index (χ4v) is 2.69. The molecule has 1 aromatic heterocycles. The zero-order valence-electron chi connectivity index (χ0n) is 12.9. The minimum atomic E-state index is -0.591. The molecule has 5 nitrogen and oxygen atoms in total. The number of amides is 1. The highest BCUT2D eigenvalue weighted by Crippen LogP contribution is 2.44. The lowest BCUT2D eigenvalue weighted by Crippen LogP contribution is -2.38. The molecule has 0 N–H and O–H groups in total. The van der Waals surface area contributed by atoms with Crippen molar-refractivity contribution in [3.8, 4) is 0 Å². The molecule has 1 aliphatic heterocycles. The van der Waals surface area contributed by atoms with Crippen molar-refractivity contribution in [2.75, 3.05) is 11.4 Å². The van der Waals surface area contributed by atoms with Crippen LogP contribution in [0.5, 0.6) is 0 Å². The van der Waals surface area contributed by atoms with Crippen LogP contribution in [0.2, 0.25) is 5.15 Å². The predicted molar refractivity (Wildman–Crippen MR) is 88.0 cm³/mol. The number of halogens is 1. The number of anilines is 1. The van der Waals surface area contributed by atoms with Crippen molar-refractivity contribution >= 4 is 29.7 Å². The summed E-state index contributed by atoms with van der Waals surface area (Å²) in [5, 5.41) is 0.144. The minimum absolute atomic E-state index is 0. The number of hydrogen-bond acceptors (Lipinski definition) is 4. The summed E-state index contributed by atoms with van der Waals surface area (Å²) in [4.78, 5) is 28.8. The van der Waals surface area contributed by atoms with Crippen molar-refractivity contribution in [3.63, 3.8) is 0 Å². The molecule has 0 aromatic carbocycles. The second kappa shape index (κ2) is 5.88. The third-order valence-corrected chi connectivity index (χ3v) is 3.52. The Hall–Kier alpha value is -1.62. The van der Waals surface area contributed by atoms with E-state index >= 15 is 0 Å². The standard InChI is InChI=1S/C15H19ClN2O3.CH4/c1-14(2,3)21-13(20)18-8-15(4,5)10-6-9(7-19)17-12(16)11(10)18;/h6-7H,8H2,1-5H3;1H4. The molecule has 0 atom stereocenters. The van der Waals surface area contributed by atoms with Gasteiger partial charge in [0.1, 0.15) is 11.3 Å². The monoisotopic (exact) mass is 326 g/mol. The second-order valence-corrected chi connectivity index (χ2v) is 7.16. The molecular formula is C16H23ClN2O3. The summed E-state index contributed by atoms with van der Waals surface area (Å²) < 4.78 is 5.41. The number of fused-ring (bicyclic) bond motifs is 1. The third-order valence-electron chi connectivity index (χ3n) is 3.26. The fourth-order valence-electron chi connectivity index (χ4n) is 2.39. The summed E-state index contributed by atoms with van der Waals surface area (Å²) in [6.45, 7) is 9.83. The lowest BCUT2D eigenvalue weighted by Gasteiger charge is -2.26. The Balaban J connectivity index is 0.00000242. The van der Waals surface area contributed by atoms with Crippen molar-refractivity contribution in [2.45, 2.75) is 53.1 Å². The Kier molecular flexibility index (Phi) is 4.92. The van der Waals surface area contributed by atoms with E-state index in [-0.39, 0.29) is 23.7 Å². The normalized spacial score (nSPS) is 15.8. The number of hydrogen-bond donors (Lipinski definition) is 0. The molecule has 0 radical (unpaired) electrons. The molecule has 0 fully saturated rings. The molecule has 2 rings (SSSR count). The maximum Gasteiger partial charge on any atom is 0.414 e. The van der Waals surface area contributed by atoms with Gasteiger partial charge in [-0.2, -0.15) is 0 Å². The summed E-state index contributed by atoms with van der Waals surface area (Å²) in [6, 6.07) is 1.68. The van der Waals surface area contributed by atoms with E-state index in [2.05, 4.69) is 4.98 Å². The van der Waals surface area contributed by atoms with Crippen molar-refractivity contribution in [1.29, 1.82) is 0 Å². The first kappa shape index (κ1) is 18.4. The maximum absolute atomic E-state index is 12.4. The van der Waals surface area contributed by atoms with Crippen LogP contribution in [0.25, 0.3) is 0 Å². The van der Waals surface area contributed by atoms with E-state index in [1.54, 1.807) is 6.07 Å². The highest BCUT2D eigenvalue weighted by molar-refractivity contribution is 6.33. The van der Waals surface area contributed by atoms with Gasteiger partial charge in [0, 0.05) is 12.0 Å². The van der Waals surface area contributed by atoms with Crippen LogP contribution < -0.4 is 4.90 Å². The molecule has 1 amide bonds. The molecule has 0 bridgehead atoms. The quantitative estimate of drug-likeness (QED) is 0.572. The van der Waals surface area contributed by atoms with Gasteiger partial charge in [-0.3, -0.25) is 9.69 Å². The molecule has 1 aliphatic rings. The van der Waals surface area contributed by atoms with Gasteiger partial charge in [-0.05, 0) is 32.4 Å². The van der Waals surface area contributed by atoms with Gasteiger partial charge in [0.25, 0.3) is 0 Å². The van der Waals surface area contributed by atoms with Gasteiger partial charge in [-0.1, -0.05) is 32.9 Å². The van der Waals surface area contributed by atoms with Gasteiger partial charge in [0.05, 0.1) is 5.69 Å².